The van der Waals surface area contributed by atoms with E-state index in [0.29, 0.717) is 43.9 Å². The van der Waals surface area contributed by atoms with Crippen molar-refractivity contribution < 1.29 is 17.9 Å². The van der Waals surface area contributed by atoms with Gasteiger partial charge in [0.15, 0.2) is 0 Å². The number of nitrogens with zero attached hydrogens (tertiary/aromatic N) is 2. The summed E-state index contributed by atoms with van der Waals surface area (Å²) >= 11 is 0. The number of sulfonamides is 1. The topological polar surface area (TPSA) is 88.1 Å². The van der Waals surface area contributed by atoms with Crippen molar-refractivity contribution in [3.8, 4) is 5.75 Å². The SMILES string of the molecule is Cc1cc(C)cc(OCCN(C)C(=O)CCCN=C2NS(=O)(=O)c3ccccc32)c1. The van der Waals surface area contributed by atoms with Crippen LogP contribution in [0.4, 0.5) is 0 Å². The summed E-state index contributed by atoms with van der Waals surface area (Å²) in [6.45, 7) is 5.33. The van der Waals surface area contributed by atoms with Crippen LogP contribution >= 0.6 is 0 Å². The Balaban J connectivity index is 1.43. The summed E-state index contributed by atoms with van der Waals surface area (Å²) < 4.78 is 32.4. The number of amides is 1. The molecule has 0 spiro atoms. The van der Waals surface area contributed by atoms with Crippen molar-refractivity contribution in [1.82, 2.24) is 9.62 Å². The van der Waals surface area contributed by atoms with Crippen LogP contribution in [0.25, 0.3) is 0 Å². The largest absolute Gasteiger partial charge is 0.492 e. The summed E-state index contributed by atoms with van der Waals surface area (Å²) in [5, 5.41) is 0. The van der Waals surface area contributed by atoms with Crippen LogP contribution in [0.2, 0.25) is 0 Å². The molecule has 30 heavy (non-hydrogen) atoms. The molecule has 160 valence electrons. The van der Waals surface area contributed by atoms with Gasteiger partial charge in [-0.05, 0) is 55.7 Å². The number of fused-ring (bicyclic) bond motifs is 1. The molecule has 1 N–H and O–H groups in total. The van der Waals surface area contributed by atoms with Gasteiger partial charge >= 0.3 is 0 Å². The number of hydrogen-bond acceptors (Lipinski definition) is 5. The first kappa shape index (κ1) is 21.8. The van der Waals surface area contributed by atoms with Crippen molar-refractivity contribution in [1.29, 1.82) is 0 Å². The van der Waals surface area contributed by atoms with Crippen molar-refractivity contribution in [3.63, 3.8) is 0 Å². The third-order valence-corrected chi connectivity index (χ3v) is 6.19. The van der Waals surface area contributed by atoms with E-state index in [4.69, 9.17) is 4.74 Å². The minimum atomic E-state index is -3.53. The molecule has 0 bridgehead atoms. The maximum Gasteiger partial charge on any atom is 0.263 e. The molecule has 0 atom stereocenters. The van der Waals surface area contributed by atoms with Gasteiger partial charge < -0.3 is 9.64 Å². The molecule has 3 rings (SSSR count). The fourth-order valence-corrected chi connectivity index (χ4v) is 4.56. The average molecular weight is 430 g/mol. The van der Waals surface area contributed by atoms with Crippen molar-refractivity contribution in [2.75, 3.05) is 26.7 Å². The summed E-state index contributed by atoms with van der Waals surface area (Å²) in [4.78, 5) is 18.5. The van der Waals surface area contributed by atoms with Crippen LogP contribution in [-0.2, 0) is 14.8 Å². The zero-order chi connectivity index (χ0) is 21.7. The van der Waals surface area contributed by atoms with E-state index in [-0.39, 0.29) is 10.8 Å². The van der Waals surface area contributed by atoms with Gasteiger partial charge in [-0.15, -0.1) is 0 Å². The molecule has 1 aliphatic rings. The molecular weight excluding hydrogens is 402 g/mol. The molecule has 0 radical (unpaired) electrons. The van der Waals surface area contributed by atoms with E-state index in [1.165, 1.54) is 0 Å². The first-order chi connectivity index (χ1) is 14.3. The Morgan fingerprint density at radius 1 is 1.13 bits per heavy atom. The predicted molar refractivity (Wildman–Crippen MR) is 116 cm³/mol. The number of nitrogens with one attached hydrogen (secondary N) is 1. The molecule has 0 unspecified atom stereocenters. The summed E-state index contributed by atoms with van der Waals surface area (Å²) in [7, 11) is -1.78. The van der Waals surface area contributed by atoms with Gasteiger partial charge in [0.2, 0.25) is 5.91 Å². The molecular formula is C22H27N3O4S. The number of amidine groups is 1. The Bertz CT molecular complexity index is 1040. The van der Waals surface area contributed by atoms with Crippen molar-refractivity contribution >= 4 is 21.8 Å². The highest BCUT2D eigenvalue weighted by Gasteiger charge is 2.29. The third-order valence-electron chi connectivity index (χ3n) is 4.80. The van der Waals surface area contributed by atoms with Crippen molar-refractivity contribution in [3.05, 3.63) is 59.2 Å². The highest BCUT2D eigenvalue weighted by Crippen LogP contribution is 2.22. The fraction of sp³-hybridized carbons (Fsp3) is 0.364. The van der Waals surface area contributed by atoms with Gasteiger partial charge in [0.05, 0.1) is 11.4 Å². The van der Waals surface area contributed by atoms with E-state index in [1.807, 2.05) is 26.0 Å². The second-order valence-electron chi connectivity index (χ2n) is 7.42. The van der Waals surface area contributed by atoms with Crippen LogP contribution < -0.4 is 9.46 Å². The number of aryl methyl sites for hydroxylation is 2. The van der Waals surface area contributed by atoms with E-state index >= 15 is 0 Å². The minimum absolute atomic E-state index is 0.00613. The monoisotopic (exact) mass is 429 g/mol. The highest BCUT2D eigenvalue weighted by molar-refractivity contribution is 7.90. The van der Waals surface area contributed by atoms with Crippen LogP contribution in [0.15, 0.2) is 52.4 Å². The van der Waals surface area contributed by atoms with Gasteiger partial charge in [-0.1, -0.05) is 18.2 Å². The lowest BCUT2D eigenvalue weighted by molar-refractivity contribution is -0.130. The van der Waals surface area contributed by atoms with E-state index in [9.17, 15) is 13.2 Å². The Kier molecular flexibility index (Phi) is 6.77. The maximum atomic E-state index is 12.3. The summed E-state index contributed by atoms with van der Waals surface area (Å²) in [5.74, 6) is 1.16. The Labute approximate surface area is 177 Å². The van der Waals surface area contributed by atoms with Gasteiger partial charge in [-0.3, -0.25) is 14.5 Å². The molecule has 8 heteroatoms. The third kappa shape index (κ3) is 5.38. The molecule has 0 aliphatic carbocycles. The van der Waals surface area contributed by atoms with Gasteiger partial charge in [0.25, 0.3) is 10.0 Å². The molecule has 7 nitrogen and oxygen atoms in total. The number of aliphatic imine (C=N–C) groups is 1. The van der Waals surface area contributed by atoms with Crippen LogP contribution in [0.1, 0.15) is 29.5 Å². The predicted octanol–water partition coefficient (Wildman–Crippen LogP) is 2.66. The smallest absolute Gasteiger partial charge is 0.263 e. The second kappa shape index (κ2) is 9.30. The molecule has 2 aromatic carbocycles. The minimum Gasteiger partial charge on any atom is -0.492 e. The molecule has 2 aromatic rings. The number of hydrogen-bond donors (Lipinski definition) is 1. The molecule has 0 saturated carbocycles. The maximum absolute atomic E-state index is 12.3. The Hall–Kier alpha value is -2.87. The number of carbonyl (C=O) groups excluding carboxylic acids is 1. The van der Waals surface area contributed by atoms with Crippen molar-refractivity contribution in [2.45, 2.75) is 31.6 Å². The number of rotatable bonds is 8. The van der Waals surface area contributed by atoms with Gasteiger partial charge in [-0.25, -0.2) is 8.42 Å². The van der Waals surface area contributed by atoms with Crippen molar-refractivity contribution in [2.24, 2.45) is 4.99 Å². The van der Waals surface area contributed by atoms with Crippen LogP contribution in [0, 0.1) is 13.8 Å². The Morgan fingerprint density at radius 3 is 2.57 bits per heavy atom. The molecule has 0 fully saturated rings. The standard InChI is InChI=1S/C22H27N3O4S/c1-16-13-17(2)15-18(14-16)29-12-11-25(3)21(26)9-6-10-23-22-19-7-4-5-8-20(19)30(27,28)24-22/h4-5,7-8,13-15H,6,9-12H2,1-3H3,(H,23,24). The lowest BCUT2D eigenvalue weighted by atomic mass is 10.1. The summed E-state index contributed by atoms with van der Waals surface area (Å²) in [5.41, 5.74) is 2.86. The molecule has 0 aromatic heterocycles. The number of carbonyl (C=O) groups is 1. The number of ether oxygens (including phenoxy) is 1. The van der Waals surface area contributed by atoms with Gasteiger partial charge in [-0.2, -0.15) is 0 Å². The van der Waals surface area contributed by atoms with Crippen LogP contribution in [0.3, 0.4) is 0 Å². The average Bonchev–Trinajstić information content (AvgIpc) is 2.95. The summed E-state index contributed by atoms with van der Waals surface area (Å²) in [6, 6.07) is 12.8. The van der Waals surface area contributed by atoms with Crippen LogP contribution in [-0.4, -0.2) is 51.8 Å². The number of likely N-dealkylation sites (N-methyl/N-ethyl adjacent to an activating group) is 1. The second-order valence-corrected chi connectivity index (χ2v) is 9.07. The molecule has 0 saturated heterocycles. The van der Waals surface area contributed by atoms with E-state index < -0.39 is 10.0 Å². The fourth-order valence-electron chi connectivity index (χ4n) is 3.30. The van der Waals surface area contributed by atoms with Gasteiger partial charge in [0, 0.05) is 25.6 Å². The Morgan fingerprint density at radius 2 is 1.83 bits per heavy atom. The quantitative estimate of drug-likeness (QED) is 0.654. The molecule has 1 aliphatic heterocycles. The lowest BCUT2D eigenvalue weighted by Gasteiger charge is -2.17. The first-order valence-corrected chi connectivity index (χ1v) is 11.4. The normalized spacial score (nSPS) is 15.5. The highest BCUT2D eigenvalue weighted by atomic mass is 32.2. The van der Waals surface area contributed by atoms with Crippen LogP contribution in [0.5, 0.6) is 5.75 Å². The number of benzene rings is 2. The van der Waals surface area contributed by atoms with E-state index in [0.717, 1.165) is 16.9 Å². The zero-order valence-corrected chi connectivity index (χ0v) is 18.3. The summed E-state index contributed by atoms with van der Waals surface area (Å²) in [6.07, 6.45) is 0.875. The van der Waals surface area contributed by atoms with E-state index in [2.05, 4.69) is 15.8 Å². The van der Waals surface area contributed by atoms with E-state index in [1.54, 1.807) is 36.2 Å². The zero-order valence-electron chi connectivity index (χ0n) is 17.5. The first-order valence-electron chi connectivity index (χ1n) is 9.88. The van der Waals surface area contributed by atoms with Gasteiger partial charge in [0.1, 0.15) is 18.2 Å². The molecule has 1 heterocycles. The lowest BCUT2D eigenvalue weighted by Crippen LogP contribution is -2.30. The molecule has 1 amide bonds.